The molecule has 1 rings (SSSR count). The van der Waals surface area contributed by atoms with E-state index in [1.807, 2.05) is 39.0 Å². The molecule has 2 N–H and O–H groups in total. The Morgan fingerprint density at radius 3 is 2.55 bits per heavy atom. The average molecular weight is 279 g/mol. The first kappa shape index (κ1) is 16.5. The first-order valence-electron chi connectivity index (χ1n) is 7.19. The molecule has 1 aromatic carbocycles. The molecule has 4 heteroatoms. The molecule has 0 saturated heterocycles. The Morgan fingerprint density at radius 1 is 1.35 bits per heavy atom. The molecule has 1 aromatic rings. The van der Waals surface area contributed by atoms with E-state index in [0.717, 1.165) is 17.5 Å². The van der Waals surface area contributed by atoms with Crippen molar-refractivity contribution in [1.29, 1.82) is 0 Å². The summed E-state index contributed by atoms with van der Waals surface area (Å²) < 4.78 is 10.9. The number of carbonyl (C=O) groups is 1. The third-order valence-electron chi connectivity index (χ3n) is 3.09. The van der Waals surface area contributed by atoms with Gasteiger partial charge in [0.05, 0.1) is 6.61 Å². The predicted molar refractivity (Wildman–Crippen MR) is 79.7 cm³/mol. The third kappa shape index (κ3) is 4.53. The number of nitrogens with two attached hydrogens (primary N) is 1. The molecule has 1 unspecified atom stereocenters. The Kier molecular flexibility index (Phi) is 6.52. The molecule has 20 heavy (non-hydrogen) atoms. The van der Waals surface area contributed by atoms with Crippen LogP contribution in [-0.2, 0) is 9.53 Å². The van der Waals surface area contributed by atoms with Crippen LogP contribution in [0.5, 0.6) is 5.75 Å². The molecular weight excluding hydrogens is 254 g/mol. The number of carbonyl (C=O) groups excluding carboxylic acids is 1. The number of rotatable bonds is 7. The minimum absolute atomic E-state index is 0.0146. The summed E-state index contributed by atoms with van der Waals surface area (Å²) in [7, 11) is 0. The lowest BCUT2D eigenvalue weighted by molar-refractivity contribution is -0.151. The van der Waals surface area contributed by atoms with Crippen LogP contribution in [-0.4, -0.2) is 18.7 Å². The summed E-state index contributed by atoms with van der Waals surface area (Å²) in [6.07, 6.45) is 0.966. The first-order valence-corrected chi connectivity index (χ1v) is 7.19. The van der Waals surface area contributed by atoms with Crippen molar-refractivity contribution in [3.63, 3.8) is 0 Å². The van der Waals surface area contributed by atoms with Gasteiger partial charge in [-0.15, -0.1) is 0 Å². The van der Waals surface area contributed by atoms with Gasteiger partial charge in [0.1, 0.15) is 5.75 Å². The van der Waals surface area contributed by atoms with Crippen molar-refractivity contribution in [1.82, 2.24) is 0 Å². The minimum Gasteiger partial charge on any atom is -0.478 e. The fourth-order valence-electron chi connectivity index (χ4n) is 1.96. The maximum atomic E-state index is 11.9. The van der Waals surface area contributed by atoms with Gasteiger partial charge in [0.2, 0.25) is 0 Å². The number of esters is 1. The quantitative estimate of drug-likeness (QED) is 0.779. The van der Waals surface area contributed by atoms with Gasteiger partial charge >= 0.3 is 5.97 Å². The molecule has 0 heterocycles. The SMILES string of the molecule is CCCC(Oc1ccc([C@@H](C)N)cc1C)C(=O)OCC. The van der Waals surface area contributed by atoms with E-state index in [-0.39, 0.29) is 12.0 Å². The van der Waals surface area contributed by atoms with Crippen molar-refractivity contribution in [3.05, 3.63) is 29.3 Å². The van der Waals surface area contributed by atoms with Gasteiger partial charge in [-0.05, 0) is 44.4 Å². The smallest absolute Gasteiger partial charge is 0.347 e. The second-order valence-corrected chi connectivity index (χ2v) is 4.96. The van der Waals surface area contributed by atoms with Crippen molar-refractivity contribution in [3.8, 4) is 5.75 Å². The molecule has 0 aliphatic rings. The molecule has 0 aliphatic carbocycles. The fourth-order valence-corrected chi connectivity index (χ4v) is 1.96. The zero-order valence-electron chi connectivity index (χ0n) is 12.8. The second-order valence-electron chi connectivity index (χ2n) is 4.96. The molecule has 0 aliphatic heterocycles. The lowest BCUT2D eigenvalue weighted by Gasteiger charge is -2.19. The van der Waals surface area contributed by atoms with Gasteiger partial charge < -0.3 is 15.2 Å². The van der Waals surface area contributed by atoms with E-state index in [9.17, 15) is 4.79 Å². The zero-order chi connectivity index (χ0) is 15.1. The van der Waals surface area contributed by atoms with Gasteiger partial charge in [-0.2, -0.15) is 0 Å². The third-order valence-corrected chi connectivity index (χ3v) is 3.09. The Bertz CT molecular complexity index is 443. The number of hydrogen-bond acceptors (Lipinski definition) is 4. The summed E-state index contributed by atoms with van der Waals surface area (Å²) in [5.41, 5.74) is 7.89. The molecule has 0 aromatic heterocycles. The highest BCUT2D eigenvalue weighted by molar-refractivity contribution is 5.75. The molecule has 0 fully saturated rings. The Labute approximate surface area is 121 Å². The first-order chi connectivity index (χ1) is 9.49. The van der Waals surface area contributed by atoms with Crippen LogP contribution in [0.4, 0.5) is 0 Å². The summed E-state index contributed by atoms with van der Waals surface area (Å²) in [6.45, 7) is 8.07. The summed E-state index contributed by atoms with van der Waals surface area (Å²) in [4.78, 5) is 11.9. The van der Waals surface area contributed by atoms with E-state index in [0.29, 0.717) is 18.8 Å². The molecule has 0 bridgehead atoms. The average Bonchev–Trinajstić information content (AvgIpc) is 2.40. The highest BCUT2D eigenvalue weighted by Gasteiger charge is 2.21. The summed E-state index contributed by atoms with van der Waals surface area (Å²) in [6, 6.07) is 5.78. The van der Waals surface area contributed by atoms with E-state index in [1.165, 1.54) is 0 Å². The van der Waals surface area contributed by atoms with E-state index >= 15 is 0 Å². The summed E-state index contributed by atoms with van der Waals surface area (Å²) in [5, 5.41) is 0. The molecule has 0 radical (unpaired) electrons. The van der Waals surface area contributed by atoms with Crippen molar-refractivity contribution in [2.75, 3.05) is 6.61 Å². The van der Waals surface area contributed by atoms with Crippen LogP contribution in [0.15, 0.2) is 18.2 Å². The van der Waals surface area contributed by atoms with Gasteiger partial charge in [0, 0.05) is 6.04 Å². The fraction of sp³-hybridized carbons (Fsp3) is 0.562. The highest BCUT2D eigenvalue weighted by Crippen LogP contribution is 2.24. The maximum absolute atomic E-state index is 11.9. The highest BCUT2D eigenvalue weighted by atomic mass is 16.6. The minimum atomic E-state index is -0.542. The van der Waals surface area contributed by atoms with Crippen molar-refractivity contribution in [2.45, 2.75) is 52.7 Å². The van der Waals surface area contributed by atoms with Gasteiger partial charge in [-0.25, -0.2) is 4.79 Å². The van der Waals surface area contributed by atoms with Crippen LogP contribution in [0, 0.1) is 6.92 Å². The largest absolute Gasteiger partial charge is 0.478 e. The predicted octanol–water partition coefficient (Wildman–Crippen LogP) is 3.13. The Morgan fingerprint density at radius 2 is 2.05 bits per heavy atom. The van der Waals surface area contributed by atoms with Crippen LogP contribution in [0.1, 0.15) is 50.8 Å². The molecular formula is C16H25NO3. The molecule has 4 nitrogen and oxygen atoms in total. The van der Waals surface area contributed by atoms with Crippen LogP contribution in [0.25, 0.3) is 0 Å². The van der Waals surface area contributed by atoms with E-state index in [2.05, 4.69) is 0 Å². The Hall–Kier alpha value is -1.55. The van der Waals surface area contributed by atoms with Crippen molar-refractivity contribution in [2.24, 2.45) is 5.73 Å². The van der Waals surface area contributed by atoms with Crippen LogP contribution < -0.4 is 10.5 Å². The molecule has 0 amide bonds. The number of hydrogen-bond donors (Lipinski definition) is 1. The zero-order valence-corrected chi connectivity index (χ0v) is 12.8. The van der Waals surface area contributed by atoms with E-state index in [4.69, 9.17) is 15.2 Å². The molecule has 0 saturated carbocycles. The summed E-state index contributed by atoms with van der Waals surface area (Å²) in [5.74, 6) is 0.408. The van der Waals surface area contributed by atoms with Crippen LogP contribution in [0.2, 0.25) is 0 Å². The lowest BCUT2D eigenvalue weighted by atomic mass is 10.1. The van der Waals surface area contributed by atoms with Gasteiger partial charge in [-0.3, -0.25) is 0 Å². The van der Waals surface area contributed by atoms with Gasteiger partial charge in [0.25, 0.3) is 0 Å². The molecule has 2 atom stereocenters. The maximum Gasteiger partial charge on any atom is 0.347 e. The Balaban J connectivity index is 2.85. The number of aryl methyl sites for hydroxylation is 1. The molecule has 0 spiro atoms. The van der Waals surface area contributed by atoms with Gasteiger partial charge in [0.15, 0.2) is 6.10 Å². The molecule has 112 valence electrons. The number of benzene rings is 1. The van der Waals surface area contributed by atoms with E-state index < -0.39 is 6.10 Å². The van der Waals surface area contributed by atoms with Crippen molar-refractivity contribution < 1.29 is 14.3 Å². The van der Waals surface area contributed by atoms with Crippen molar-refractivity contribution >= 4 is 5.97 Å². The number of ether oxygens (including phenoxy) is 2. The van der Waals surface area contributed by atoms with Gasteiger partial charge in [-0.1, -0.05) is 25.5 Å². The summed E-state index contributed by atoms with van der Waals surface area (Å²) >= 11 is 0. The second kappa shape index (κ2) is 7.90. The standard InChI is InChI=1S/C16H25NO3/c1-5-7-15(16(18)19-6-2)20-14-9-8-13(12(4)17)10-11(14)3/h8-10,12,15H,5-7,17H2,1-4H3/t12-,15?/m1/s1. The van der Waals surface area contributed by atoms with Crippen LogP contribution in [0.3, 0.4) is 0 Å². The monoisotopic (exact) mass is 279 g/mol. The lowest BCUT2D eigenvalue weighted by Crippen LogP contribution is -2.29. The normalized spacial score (nSPS) is 13.7. The van der Waals surface area contributed by atoms with E-state index in [1.54, 1.807) is 6.92 Å². The topological polar surface area (TPSA) is 61.5 Å². The van der Waals surface area contributed by atoms with Crippen LogP contribution >= 0.6 is 0 Å².